The Morgan fingerprint density at radius 1 is 1.26 bits per heavy atom. The second-order valence-electron chi connectivity index (χ2n) is 7.09. The summed E-state index contributed by atoms with van der Waals surface area (Å²) in [6, 6.07) is 3.57. The fourth-order valence-electron chi connectivity index (χ4n) is 3.72. The van der Waals surface area contributed by atoms with E-state index in [0.29, 0.717) is 18.7 Å². The molecular formula is C19H20N6O6. The van der Waals surface area contributed by atoms with Gasteiger partial charge < -0.3 is 10.0 Å². The number of anilines is 1. The van der Waals surface area contributed by atoms with Crippen molar-refractivity contribution in [2.45, 2.75) is 31.7 Å². The maximum absolute atomic E-state index is 13.2. The van der Waals surface area contributed by atoms with Crippen LogP contribution >= 0.6 is 0 Å². The van der Waals surface area contributed by atoms with Crippen molar-refractivity contribution < 1.29 is 29.1 Å². The number of carbonyl (C=O) groups is 5. The molecule has 162 valence electrons. The molecule has 1 aromatic carbocycles. The van der Waals surface area contributed by atoms with Crippen molar-refractivity contribution in [3.05, 3.63) is 39.8 Å². The van der Waals surface area contributed by atoms with Crippen LogP contribution < -0.4 is 10.2 Å². The Labute approximate surface area is 176 Å². The Kier molecular flexibility index (Phi) is 6.51. The Balaban J connectivity index is 1.92. The summed E-state index contributed by atoms with van der Waals surface area (Å²) in [6.07, 6.45) is 0.262. The van der Waals surface area contributed by atoms with Crippen LogP contribution in [-0.2, 0) is 14.4 Å². The number of imide groups is 2. The first-order valence-electron chi connectivity index (χ1n) is 9.67. The normalized spacial score (nSPS) is 17.8. The molecule has 1 saturated heterocycles. The van der Waals surface area contributed by atoms with Crippen molar-refractivity contribution >= 4 is 35.3 Å². The average molecular weight is 428 g/mol. The third-order valence-corrected chi connectivity index (χ3v) is 5.13. The van der Waals surface area contributed by atoms with Gasteiger partial charge in [-0.3, -0.25) is 34.2 Å². The van der Waals surface area contributed by atoms with Crippen LogP contribution in [0.15, 0.2) is 23.3 Å². The van der Waals surface area contributed by atoms with Crippen LogP contribution in [0, 0.1) is 0 Å². The number of carboxylic acid groups (broad SMARTS) is 1. The summed E-state index contributed by atoms with van der Waals surface area (Å²) in [5.41, 5.74) is 9.00. The van der Waals surface area contributed by atoms with Gasteiger partial charge in [-0.05, 0) is 30.5 Å². The first-order chi connectivity index (χ1) is 14.8. The summed E-state index contributed by atoms with van der Waals surface area (Å²) in [7, 11) is 0. The molecule has 2 heterocycles. The van der Waals surface area contributed by atoms with Crippen LogP contribution in [0.5, 0.6) is 0 Å². The molecule has 2 aliphatic rings. The predicted molar refractivity (Wildman–Crippen MR) is 106 cm³/mol. The van der Waals surface area contributed by atoms with Crippen LogP contribution in [0.1, 0.15) is 46.4 Å². The molecule has 12 heteroatoms. The molecule has 3 rings (SSSR count). The molecule has 2 aliphatic heterocycles. The molecule has 1 fully saturated rings. The lowest BCUT2D eigenvalue weighted by Crippen LogP contribution is -2.54. The second-order valence-corrected chi connectivity index (χ2v) is 7.09. The highest BCUT2D eigenvalue weighted by Gasteiger charge is 2.46. The SMILES string of the molecule is [N-]=[N+]=NCCCN(CCC(=O)O)c1cccc2c1C(=O)N(C1CCC(=O)NC1=O)C2=O. The van der Waals surface area contributed by atoms with Crippen LogP contribution in [0.3, 0.4) is 0 Å². The maximum Gasteiger partial charge on any atom is 0.305 e. The molecule has 1 aromatic rings. The smallest absolute Gasteiger partial charge is 0.305 e. The summed E-state index contributed by atoms with van der Waals surface area (Å²) in [6.45, 7) is 0.551. The van der Waals surface area contributed by atoms with Gasteiger partial charge in [-0.15, -0.1) is 0 Å². The Hall–Kier alpha value is -3.92. The lowest BCUT2D eigenvalue weighted by Gasteiger charge is -2.28. The van der Waals surface area contributed by atoms with E-state index >= 15 is 0 Å². The van der Waals surface area contributed by atoms with Gasteiger partial charge >= 0.3 is 5.97 Å². The number of nitrogens with one attached hydrogen (secondary N) is 1. The first kappa shape index (κ1) is 21.8. The quantitative estimate of drug-likeness (QED) is 0.194. The molecular weight excluding hydrogens is 408 g/mol. The van der Waals surface area contributed by atoms with E-state index < -0.39 is 35.6 Å². The number of nitrogens with zero attached hydrogens (tertiary/aromatic N) is 5. The number of rotatable bonds is 9. The van der Waals surface area contributed by atoms with Gasteiger partial charge in [0.1, 0.15) is 6.04 Å². The molecule has 0 bridgehead atoms. The van der Waals surface area contributed by atoms with Gasteiger partial charge in [0, 0.05) is 31.0 Å². The largest absolute Gasteiger partial charge is 0.481 e. The van der Waals surface area contributed by atoms with E-state index in [4.69, 9.17) is 10.6 Å². The van der Waals surface area contributed by atoms with E-state index in [0.717, 1.165) is 4.90 Å². The van der Waals surface area contributed by atoms with Gasteiger partial charge in [0.2, 0.25) is 11.8 Å². The predicted octanol–water partition coefficient (Wildman–Crippen LogP) is 1.07. The molecule has 2 N–H and O–H groups in total. The third-order valence-electron chi connectivity index (χ3n) is 5.13. The topological polar surface area (TPSA) is 173 Å². The molecule has 0 aromatic heterocycles. The standard InChI is InChI=1S/C19H20N6O6/c20-23-21-8-2-9-24(10-7-15(27)28)12-4-1-3-11-16(12)19(31)25(18(11)30)13-5-6-14(26)22-17(13)29/h1,3-4,13H,2,5-10H2,(H,27,28)(H,22,26,29). The van der Waals surface area contributed by atoms with Crippen LogP contribution in [0.25, 0.3) is 10.4 Å². The monoisotopic (exact) mass is 428 g/mol. The lowest BCUT2D eigenvalue weighted by molar-refractivity contribution is -0.137. The van der Waals surface area contributed by atoms with Gasteiger partial charge in [-0.2, -0.15) is 0 Å². The highest BCUT2D eigenvalue weighted by atomic mass is 16.4. The van der Waals surface area contributed by atoms with Crippen LogP contribution in [-0.4, -0.2) is 65.3 Å². The summed E-state index contributed by atoms with van der Waals surface area (Å²) in [5.74, 6) is -3.49. The molecule has 0 spiro atoms. The van der Waals surface area contributed by atoms with E-state index in [1.54, 1.807) is 17.0 Å². The Morgan fingerprint density at radius 2 is 2.03 bits per heavy atom. The minimum absolute atomic E-state index is 0.0147. The molecule has 0 aliphatic carbocycles. The molecule has 1 unspecified atom stereocenters. The third kappa shape index (κ3) is 4.48. The Bertz CT molecular complexity index is 1000. The van der Waals surface area contributed by atoms with Crippen molar-refractivity contribution in [3.8, 4) is 0 Å². The minimum Gasteiger partial charge on any atom is -0.481 e. The minimum atomic E-state index is -1.09. The van der Waals surface area contributed by atoms with Crippen molar-refractivity contribution in [2.24, 2.45) is 5.11 Å². The van der Waals surface area contributed by atoms with E-state index in [1.165, 1.54) is 6.07 Å². The van der Waals surface area contributed by atoms with Crippen molar-refractivity contribution in [2.75, 3.05) is 24.5 Å². The zero-order valence-electron chi connectivity index (χ0n) is 16.5. The number of hydrogen-bond donors (Lipinski definition) is 2. The van der Waals surface area contributed by atoms with Crippen LogP contribution in [0.2, 0.25) is 0 Å². The number of hydrogen-bond acceptors (Lipinski definition) is 7. The molecule has 0 radical (unpaired) electrons. The second kappa shape index (κ2) is 9.26. The zero-order valence-corrected chi connectivity index (χ0v) is 16.5. The van der Waals surface area contributed by atoms with Gasteiger partial charge in [-0.1, -0.05) is 11.2 Å². The molecule has 31 heavy (non-hydrogen) atoms. The summed E-state index contributed by atoms with van der Waals surface area (Å²) in [5, 5.41) is 14.7. The van der Waals surface area contributed by atoms with Crippen molar-refractivity contribution in [1.29, 1.82) is 0 Å². The summed E-state index contributed by atoms with van der Waals surface area (Å²) in [4.78, 5) is 66.1. The van der Waals surface area contributed by atoms with Gasteiger partial charge in [0.15, 0.2) is 0 Å². The number of azide groups is 1. The summed E-state index contributed by atoms with van der Waals surface area (Å²) < 4.78 is 0. The van der Waals surface area contributed by atoms with E-state index in [2.05, 4.69) is 15.3 Å². The van der Waals surface area contributed by atoms with Gasteiger partial charge in [0.25, 0.3) is 11.8 Å². The Morgan fingerprint density at radius 3 is 2.71 bits per heavy atom. The molecule has 4 amide bonds. The van der Waals surface area contributed by atoms with Crippen molar-refractivity contribution in [3.63, 3.8) is 0 Å². The first-order valence-corrected chi connectivity index (χ1v) is 9.67. The van der Waals surface area contributed by atoms with Gasteiger partial charge in [-0.25, -0.2) is 0 Å². The van der Waals surface area contributed by atoms with Crippen LogP contribution in [0.4, 0.5) is 5.69 Å². The zero-order chi connectivity index (χ0) is 22.5. The maximum atomic E-state index is 13.2. The highest BCUT2D eigenvalue weighted by Crippen LogP contribution is 2.34. The number of carboxylic acids is 1. The van der Waals surface area contributed by atoms with E-state index in [-0.39, 0.29) is 43.5 Å². The average Bonchev–Trinajstić information content (AvgIpc) is 2.98. The number of fused-ring (bicyclic) bond motifs is 1. The molecule has 1 atom stereocenters. The number of amides is 4. The molecule has 12 nitrogen and oxygen atoms in total. The summed E-state index contributed by atoms with van der Waals surface area (Å²) >= 11 is 0. The number of benzene rings is 1. The van der Waals surface area contributed by atoms with Gasteiger partial charge in [0.05, 0.1) is 23.2 Å². The number of aliphatic carboxylic acids is 1. The molecule has 0 saturated carbocycles. The van der Waals surface area contributed by atoms with Crippen molar-refractivity contribution in [1.82, 2.24) is 10.2 Å². The highest BCUT2D eigenvalue weighted by molar-refractivity contribution is 6.25. The van der Waals surface area contributed by atoms with E-state index in [9.17, 15) is 24.0 Å². The lowest BCUT2D eigenvalue weighted by atomic mass is 10.0. The fraction of sp³-hybridized carbons (Fsp3) is 0.421. The number of piperidine rings is 1. The number of carbonyl (C=O) groups excluding carboxylic acids is 4. The fourth-order valence-corrected chi connectivity index (χ4v) is 3.72. The van der Waals surface area contributed by atoms with E-state index in [1.807, 2.05) is 0 Å².